The topological polar surface area (TPSA) is 43.9 Å². The highest BCUT2D eigenvalue weighted by Gasteiger charge is 2.30. The number of rotatable bonds is 6. The summed E-state index contributed by atoms with van der Waals surface area (Å²) >= 11 is 0. The standard InChI is InChI=1S/C16H33N3O2S/c1-4-5-12-22(20,21)19-8-6-16(7-9-19)14-18-11-10-17(3)13-15(18)2/h15-16H,4-14H2,1-3H3/t15-/m1/s1. The zero-order valence-corrected chi connectivity index (χ0v) is 15.3. The molecule has 2 aliphatic heterocycles. The lowest BCUT2D eigenvalue weighted by molar-refractivity contribution is 0.0750. The van der Waals surface area contributed by atoms with Gasteiger partial charge < -0.3 is 4.90 Å². The number of sulfonamides is 1. The molecule has 0 unspecified atom stereocenters. The van der Waals surface area contributed by atoms with Crippen LogP contribution < -0.4 is 0 Å². The van der Waals surface area contributed by atoms with E-state index in [4.69, 9.17) is 0 Å². The summed E-state index contributed by atoms with van der Waals surface area (Å²) in [4.78, 5) is 4.98. The highest BCUT2D eigenvalue weighted by molar-refractivity contribution is 7.89. The van der Waals surface area contributed by atoms with Gasteiger partial charge in [0.25, 0.3) is 0 Å². The Bertz CT molecular complexity index is 433. The molecule has 2 heterocycles. The SMILES string of the molecule is CCCCS(=O)(=O)N1CCC(CN2CCN(C)C[C@H]2C)CC1. The zero-order chi connectivity index (χ0) is 16.2. The first-order valence-corrected chi connectivity index (χ1v) is 10.4. The quantitative estimate of drug-likeness (QED) is 0.739. The van der Waals surface area contributed by atoms with Crippen LogP contribution in [0, 0.1) is 5.92 Å². The fraction of sp³-hybridized carbons (Fsp3) is 1.00. The number of hydrogen-bond donors (Lipinski definition) is 0. The van der Waals surface area contributed by atoms with Crippen molar-refractivity contribution in [2.45, 2.75) is 45.6 Å². The van der Waals surface area contributed by atoms with Crippen molar-refractivity contribution in [2.75, 3.05) is 52.1 Å². The van der Waals surface area contributed by atoms with Gasteiger partial charge in [0.1, 0.15) is 0 Å². The molecule has 2 aliphatic rings. The maximum Gasteiger partial charge on any atom is 0.214 e. The summed E-state index contributed by atoms with van der Waals surface area (Å²) in [5.74, 6) is 0.979. The molecule has 0 aromatic heterocycles. The number of unbranched alkanes of at least 4 members (excludes halogenated alkanes) is 1. The molecule has 0 aliphatic carbocycles. The van der Waals surface area contributed by atoms with Gasteiger partial charge >= 0.3 is 0 Å². The van der Waals surface area contributed by atoms with E-state index in [0.29, 0.717) is 17.7 Å². The van der Waals surface area contributed by atoms with Crippen LogP contribution in [-0.2, 0) is 10.0 Å². The summed E-state index contributed by atoms with van der Waals surface area (Å²) in [5.41, 5.74) is 0. The van der Waals surface area contributed by atoms with Gasteiger partial charge in [0.05, 0.1) is 5.75 Å². The fourth-order valence-electron chi connectivity index (χ4n) is 3.61. The summed E-state index contributed by atoms with van der Waals surface area (Å²) in [6, 6.07) is 0.616. The number of hydrogen-bond acceptors (Lipinski definition) is 4. The third-order valence-electron chi connectivity index (χ3n) is 5.18. The van der Waals surface area contributed by atoms with Crippen molar-refractivity contribution >= 4 is 10.0 Å². The smallest absolute Gasteiger partial charge is 0.214 e. The van der Waals surface area contributed by atoms with E-state index in [1.807, 2.05) is 6.92 Å². The van der Waals surface area contributed by atoms with Crippen molar-refractivity contribution in [3.63, 3.8) is 0 Å². The van der Waals surface area contributed by atoms with Crippen LogP contribution in [0.15, 0.2) is 0 Å². The Labute approximate surface area is 136 Å². The van der Waals surface area contributed by atoms with E-state index in [0.717, 1.165) is 65.0 Å². The molecule has 0 bridgehead atoms. The Morgan fingerprint density at radius 1 is 1.09 bits per heavy atom. The van der Waals surface area contributed by atoms with Gasteiger partial charge in [-0.05, 0) is 39.2 Å². The molecule has 2 saturated heterocycles. The van der Waals surface area contributed by atoms with E-state index in [2.05, 4.69) is 23.8 Å². The van der Waals surface area contributed by atoms with E-state index < -0.39 is 10.0 Å². The van der Waals surface area contributed by atoms with Gasteiger partial charge in [-0.15, -0.1) is 0 Å². The first-order chi connectivity index (χ1) is 10.4. The van der Waals surface area contributed by atoms with Crippen LogP contribution in [0.3, 0.4) is 0 Å². The van der Waals surface area contributed by atoms with Gasteiger partial charge in [-0.25, -0.2) is 12.7 Å². The Morgan fingerprint density at radius 2 is 1.77 bits per heavy atom. The minimum atomic E-state index is -3.01. The molecule has 0 spiro atoms. The van der Waals surface area contributed by atoms with Gasteiger partial charge in [-0.3, -0.25) is 4.90 Å². The van der Waals surface area contributed by atoms with Crippen LogP contribution in [-0.4, -0.2) is 80.6 Å². The number of piperazine rings is 1. The van der Waals surface area contributed by atoms with Crippen molar-refractivity contribution in [1.29, 1.82) is 0 Å². The highest BCUT2D eigenvalue weighted by atomic mass is 32.2. The Kier molecular flexibility index (Phi) is 6.68. The fourth-order valence-corrected chi connectivity index (χ4v) is 5.28. The molecule has 2 fully saturated rings. The molecule has 0 amide bonds. The van der Waals surface area contributed by atoms with Crippen LogP contribution >= 0.6 is 0 Å². The van der Waals surface area contributed by atoms with E-state index >= 15 is 0 Å². The van der Waals surface area contributed by atoms with Crippen LogP contribution in [0.2, 0.25) is 0 Å². The molecule has 6 heteroatoms. The van der Waals surface area contributed by atoms with E-state index in [1.54, 1.807) is 4.31 Å². The molecule has 22 heavy (non-hydrogen) atoms. The third-order valence-corrected chi connectivity index (χ3v) is 7.14. The van der Waals surface area contributed by atoms with E-state index in [9.17, 15) is 8.42 Å². The van der Waals surface area contributed by atoms with Gasteiger partial charge in [-0.1, -0.05) is 13.3 Å². The Morgan fingerprint density at radius 3 is 2.36 bits per heavy atom. The molecule has 0 saturated carbocycles. The number of likely N-dealkylation sites (N-methyl/N-ethyl adjacent to an activating group) is 1. The summed E-state index contributed by atoms with van der Waals surface area (Å²) in [6.07, 6.45) is 3.76. The number of nitrogens with zero attached hydrogens (tertiary/aromatic N) is 3. The normalized spacial score (nSPS) is 27.3. The highest BCUT2D eigenvalue weighted by Crippen LogP contribution is 2.23. The lowest BCUT2D eigenvalue weighted by Crippen LogP contribution is -2.52. The van der Waals surface area contributed by atoms with Crippen molar-refractivity contribution in [2.24, 2.45) is 5.92 Å². The summed E-state index contributed by atoms with van der Waals surface area (Å²) in [7, 11) is -0.819. The minimum Gasteiger partial charge on any atom is -0.304 e. The van der Waals surface area contributed by atoms with Gasteiger partial charge in [-0.2, -0.15) is 0 Å². The Balaban J connectivity index is 1.77. The molecule has 5 nitrogen and oxygen atoms in total. The largest absolute Gasteiger partial charge is 0.304 e. The second-order valence-electron chi connectivity index (χ2n) is 7.12. The molecule has 0 aromatic rings. The first-order valence-electron chi connectivity index (χ1n) is 8.82. The van der Waals surface area contributed by atoms with E-state index in [-0.39, 0.29) is 0 Å². The van der Waals surface area contributed by atoms with Crippen LogP contribution in [0.4, 0.5) is 0 Å². The molecule has 1 atom stereocenters. The lowest BCUT2D eigenvalue weighted by atomic mass is 9.96. The van der Waals surface area contributed by atoms with Crippen molar-refractivity contribution < 1.29 is 8.42 Å². The van der Waals surface area contributed by atoms with Gasteiger partial charge in [0.15, 0.2) is 0 Å². The second-order valence-corrected chi connectivity index (χ2v) is 9.21. The van der Waals surface area contributed by atoms with Crippen LogP contribution in [0.1, 0.15) is 39.5 Å². The molecular formula is C16H33N3O2S. The van der Waals surface area contributed by atoms with E-state index in [1.165, 1.54) is 0 Å². The summed E-state index contributed by atoms with van der Waals surface area (Å²) < 4.78 is 26.2. The molecule has 130 valence electrons. The summed E-state index contributed by atoms with van der Waals surface area (Å²) in [6.45, 7) is 10.4. The van der Waals surface area contributed by atoms with Crippen molar-refractivity contribution in [1.82, 2.24) is 14.1 Å². The molecular weight excluding hydrogens is 298 g/mol. The average Bonchev–Trinajstić information content (AvgIpc) is 2.49. The van der Waals surface area contributed by atoms with Crippen LogP contribution in [0.5, 0.6) is 0 Å². The van der Waals surface area contributed by atoms with Gasteiger partial charge in [0, 0.05) is 45.3 Å². The average molecular weight is 332 g/mol. The first kappa shape index (κ1) is 18.2. The predicted octanol–water partition coefficient (Wildman–Crippen LogP) is 1.46. The van der Waals surface area contributed by atoms with Gasteiger partial charge in [0.2, 0.25) is 10.0 Å². The van der Waals surface area contributed by atoms with Crippen molar-refractivity contribution in [3.05, 3.63) is 0 Å². The second kappa shape index (κ2) is 8.08. The zero-order valence-electron chi connectivity index (χ0n) is 14.5. The van der Waals surface area contributed by atoms with Crippen LogP contribution in [0.25, 0.3) is 0 Å². The monoisotopic (exact) mass is 331 g/mol. The molecule has 0 radical (unpaired) electrons. The van der Waals surface area contributed by atoms with Crippen molar-refractivity contribution in [3.8, 4) is 0 Å². The minimum absolute atomic E-state index is 0.323. The predicted molar refractivity (Wildman–Crippen MR) is 91.5 cm³/mol. The number of piperidine rings is 1. The molecule has 0 aromatic carbocycles. The summed E-state index contributed by atoms with van der Waals surface area (Å²) in [5, 5.41) is 0. The third kappa shape index (κ3) is 4.91. The maximum absolute atomic E-state index is 12.2. The Hall–Kier alpha value is -0.170. The molecule has 0 N–H and O–H groups in total. The maximum atomic E-state index is 12.2. The molecule has 2 rings (SSSR count). The lowest BCUT2D eigenvalue weighted by Gasteiger charge is -2.41.